The van der Waals surface area contributed by atoms with Crippen LogP contribution < -0.4 is 44.6 Å². The average Bonchev–Trinajstić information content (AvgIpc) is 3.02. The highest BCUT2D eigenvalue weighted by Crippen LogP contribution is 2.45. The van der Waals surface area contributed by atoms with E-state index in [-0.39, 0.29) is 38.2 Å². The standard InChI is InChI=1S/C30H39B6N9O4/c31-27(15-19-10-5-2-6-11-19,25(49)45-28(32,24(39)48)16-29(33,34)30(35,36)17-37)44-23(47)21(12-7-13-42-26(40)41)43-22(46)20(38)14-18-8-3-1-4-9-18/h1-6,8-11,20-21H,7,12-17,37-38H2,(H2,39,48)(H,43,46)(H,44,47)(H,45,49)(H4,40,41,42)/t20-,21+,27-,28-/m0/s1. The van der Waals surface area contributed by atoms with Gasteiger partial charge in [0.05, 0.1) is 48.3 Å². The van der Waals surface area contributed by atoms with Crippen LogP contribution in [0.25, 0.3) is 0 Å². The Morgan fingerprint density at radius 1 is 0.755 bits per heavy atom. The highest BCUT2D eigenvalue weighted by molar-refractivity contribution is 6.54. The third-order valence-electron chi connectivity index (χ3n) is 7.84. The lowest BCUT2D eigenvalue weighted by atomic mass is 9.27. The monoisotopic (exact) mass is 655 g/mol. The molecule has 13 N–H and O–H groups in total. The van der Waals surface area contributed by atoms with E-state index in [0.717, 1.165) is 5.56 Å². The van der Waals surface area contributed by atoms with Crippen molar-refractivity contribution in [3.8, 4) is 0 Å². The maximum Gasteiger partial charge on any atom is 0.242 e. The summed E-state index contributed by atoms with van der Waals surface area (Å²) in [6, 6.07) is 15.1. The summed E-state index contributed by atoms with van der Waals surface area (Å²) in [6.45, 7) is -0.309. The minimum Gasteiger partial charge on any atom is -0.370 e. The van der Waals surface area contributed by atoms with Gasteiger partial charge in [0.15, 0.2) is 5.96 Å². The molecule has 2 aromatic carbocycles. The topological polar surface area (TPSA) is 247 Å². The van der Waals surface area contributed by atoms with Gasteiger partial charge in [-0.3, -0.25) is 24.2 Å². The number of rotatable bonds is 19. The lowest BCUT2D eigenvalue weighted by Gasteiger charge is -2.48. The zero-order valence-corrected chi connectivity index (χ0v) is 27.3. The van der Waals surface area contributed by atoms with Crippen LogP contribution in [-0.2, 0) is 32.0 Å². The van der Waals surface area contributed by atoms with Crippen molar-refractivity contribution in [2.75, 3.05) is 13.1 Å². The molecule has 2 rings (SSSR count). The number of carbonyl (C=O) groups is 4. The number of nitrogens with zero attached hydrogens (tertiary/aromatic N) is 1. The Morgan fingerprint density at radius 3 is 1.82 bits per heavy atom. The molecule has 4 amide bonds. The Bertz CT molecular complexity index is 1470. The van der Waals surface area contributed by atoms with E-state index in [0.29, 0.717) is 5.56 Å². The molecule has 0 saturated heterocycles. The minimum absolute atomic E-state index is 0.00853. The molecule has 19 heteroatoms. The number of primary amides is 1. The molecule has 0 fully saturated rings. The van der Waals surface area contributed by atoms with Crippen LogP contribution >= 0.6 is 0 Å². The van der Waals surface area contributed by atoms with Gasteiger partial charge in [-0.05, 0) is 49.8 Å². The first-order chi connectivity index (χ1) is 22.7. The van der Waals surface area contributed by atoms with Gasteiger partial charge >= 0.3 is 0 Å². The summed E-state index contributed by atoms with van der Waals surface area (Å²) in [5, 5.41) is 3.29. The van der Waals surface area contributed by atoms with Gasteiger partial charge in [-0.1, -0.05) is 65.9 Å². The molecule has 0 unspecified atom stereocenters. The normalized spacial score (nSPS) is 15.3. The summed E-state index contributed by atoms with van der Waals surface area (Å²) in [4.78, 5) is 57.5. The van der Waals surface area contributed by atoms with E-state index in [9.17, 15) is 19.2 Å². The highest BCUT2D eigenvalue weighted by atomic mass is 16.2. The number of guanidine groups is 1. The summed E-state index contributed by atoms with van der Waals surface area (Å²) in [6.07, 6.45) is -0.688. The molecular weight excluding hydrogens is 615 g/mol. The number of aliphatic imine (C=N–C) groups is 1. The lowest BCUT2D eigenvalue weighted by Crippen LogP contribution is -2.70. The average molecular weight is 655 g/mol. The molecule has 0 heterocycles. The van der Waals surface area contributed by atoms with Crippen LogP contribution in [0.1, 0.15) is 30.4 Å². The van der Waals surface area contributed by atoms with Gasteiger partial charge in [0.25, 0.3) is 0 Å². The maximum atomic E-state index is 14.0. The predicted octanol–water partition coefficient (Wildman–Crippen LogP) is -3.96. The summed E-state index contributed by atoms with van der Waals surface area (Å²) in [5.74, 6) is -4.13. The number of amides is 4. The smallest absolute Gasteiger partial charge is 0.242 e. The van der Waals surface area contributed by atoms with Gasteiger partial charge in [0.2, 0.25) is 23.6 Å². The van der Waals surface area contributed by atoms with E-state index in [1.165, 1.54) is 0 Å². The molecule has 0 aliphatic rings. The predicted molar refractivity (Wildman–Crippen MR) is 195 cm³/mol. The van der Waals surface area contributed by atoms with E-state index in [1.807, 2.05) is 6.07 Å². The molecule has 12 radical (unpaired) electrons. The second-order valence-corrected chi connectivity index (χ2v) is 12.2. The molecule has 0 aliphatic heterocycles. The maximum absolute atomic E-state index is 14.0. The Kier molecular flexibility index (Phi) is 14.7. The third-order valence-corrected chi connectivity index (χ3v) is 7.84. The van der Waals surface area contributed by atoms with Crippen molar-refractivity contribution in [1.82, 2.24) is 16.0 Å². The second-order valence-electron chi connectivity index (χ2n) is 12.2. The van der Waals surface area contributed by atoms with Crippen molar-refractivity contribution in [2.45, 2.75) is 65.5 Å². The Balaban J connectivity index is 2.44. The lowest BCUT2D eigenvalue weighted by molar-refractivity contribution is -0.135. The van der Waals surface area contributed by atoms with Gasteiger partial charge in [-0.15, -0.1) is 5.21 Å². The number of carbonyl (C=O) groups excluding carboxylic acids is 4. The van der Waals surface area contributed by atoms with Crippen LogP contribution in [0, 0.1) is 0 Å². The molecule has 0 bridgehead atoms. The summed E-state index contributed by atoms with van der Waals surface area (Å²) < 4.78 is 0. The highest BCUT2D eigenvalue weighted by Gasteiger charge is 2.46. The van der Waals surface area contributed by atoms with Gasteiger partial charge in [-0.2, -0.15) is 0 Å². The Hall–Kier alpha value is -4.10. The van der Waals surface area contributed by atoms with Gasteiger partial charge in [0.1, 0.15) is 21.7 Å². The quantitative estimate of drug-likeness (QED) is 0.0321. The van der Waals surface area contributed by atoms with Gasteiger partial charge < -0.3 is 44.6 Å². The number of hydrogen-bond acceptors (Lipinski definition) is 7. The SMILES string of the molecule is [B]C([B])(CN)C([B])([B])C[C@]([B])(NC(=O)[C@]([B])(Cc1ccccc1)NC(=O)[C@@H](CCCN=C(N)N)NC(=O)[C@@H](N)Cc1ccccc1)C(N)=O. The minimum atomic E-state index is -2.48. The van der Waals surface area contributed by atoms with Gasteiger partial charge in [0, 0.05) is 6.54 Å². The van der Waals surface area contributed by atoms with Crippen molar-refractivity contribution >= 4 is 76.7 Å². The van der Waals surface area contributed by atoms with Crippen molar-refractivity contribution in [2.24, 2.45) is 33.7 Å². The molecular formula is C30H39B6N9O4. The fourth-order valence-electron chi connectivity index (χ4n) is 4.74. The van der Waals surface area contributed by atoms with Crippen LogP contribution in [0.5, 0.6) is 0 Å². The van der Waals surface area contributed by atoms with Crippen LogP contribution in [-0.4, -0.2) is 113 Å². The second kappa shape index (κ2) is 17.5. The first-order valence-corrected chi connectivity index (χ1v) is 15.3. The number of nitrogens with two attached hydrogens (primary N) is 5. The van der Waals surface area contributed by atoms with E-state index in [2.05, 4.69) is 20.9 Å². The number of nitrogens with one attached hydrogen (secondary N) is 3. The molecule has 0 aliphatic carbocycles. The van der Waals surface area contributed by atoms with E-state index in [1.54, 1.807) is 54.6 Å². The molecule has 4 atom stereocenters. The van der Waals surface area contributed by atoms with E-state index < -0.39 is 70.0 Å². The largest absolute Gasteiger partial charge is 0.370 e. The van der Waals surface area contributed by atoms with Crippen LogP contribution in [0.4, 0.5) is 0 Å². The van der Waals surface area contributed by atoms with Gasteiger partial charge in [-0.25, -0.2) is 0 Å². The first-order valence-electron chi connectivity index (χ1n) is 15.3. The molecule has 49 heavy (non-hydrogen) atoms. The molecule has 0 aromatic heterocycles. The Labute approximate surface area is 295 Å². The van der Waals surface area contributed by atoms with Crippen LogP contribution in [0.3, 0.4) is 0 Å². The summed E-state index contributed by atoms with van der Waals surface area (Å²) in [5.41, 5.74) is 24.7. The van der Waals surface area contributed by atoms with Crippen molar-refractivity contribution < 1.29 is 19.2 Å². The number of benzene rings is 2. The van der Waals surface area contributed by atoms with Crippen LogP contribution in [0.15, 0.2) is 65.7 Å². The summed E-state index contributed by atoms with van der Waals surface area (Å²) in [7, 11) is 36.9. The molecule has 0 spiro atoms. The number of hydrogen-bond donors (Lipinski definition) is 8. The molecule has 0 saturated carbocycles. The Morgan fingerprint density at radius 2 is 1.31 bits per heavy atom. The van der Waals surface area contributed by atoms with Crippen molar-refractivity contribution in [1.29, 1.82) is 0 Å². The molecule has 13 nitrogen and oxygen atoms in total. The van der Waals surface area contributed by atoms with Crippen LogP contribution in [0.2, 0.25) is 10.4 Å². The zero-order chi connectivity index (χ0) is 37.0. The van der Waals surface area contributed by atoms with E-state index >= 15 is 0 Å². The van der Waals surface area contributed by atoms with Crippen molar-refractivity contribution in [3.63, 3.8) is 0 Å². The van der Waals surface area contributed by atoms with E-state index in [4.69, 9.17) is 75.7 Å². The summed E-state index contributed by atoms with van der Waals surface area (Å²) >= 11 is 0. The molecule has 2 aromatic rings. The fourth-order valence-corrected chi connectivity index (χ4v) is 4.74. The molecule has 246 valence electrons. The zero-order valence-electron chi connectivity index (χ0n) is 27.3. The fraction of sp³-hybridized carbons (Fsp3) is 0.433. The van der Waals surface area contributed by atoms with Crippen molar-refractivity contribution in [3.05, 3.63) is 71.8 Å². The third kappa shape index (κ3) is 12.1. The first kappa shape index (κ1) is 41.1.